The summed E-state index contributed by atoms with van der Waals surface area (Å²) in [5.41, 5.74) is 2.50. The number of aliphatic hydroxyl groups excluding tert-OH is 2. The molecule has 8 heteroatoms. The molecule has 0 spiro atoms. The molecule has 200 valence electrons. The van der Waals surface area contributed by atoms with Crippen LogP contribution < -0.4 is 0 Å². The Morgan fingerprint density at radius 2 is 1.00 bits per heavy atom. The lowest BCUT2D eigenvalue weighted by Gasteiger charge is -2.30. The van der Waals surface area contributed by atoms with E-state index in [9.17, 15) is 20.4 Å². The summed E-state index contributed by atoms with van der Waals surface area (Å²) in [6.45, 7) is 0.109. The number of rotatable bonds is 6. The van der Waals surface area contributed by atoms with E-state index in [2.05, 4.69) is 0 Å². The zero-order valence-corrected chi connectivity index (χ0v) is 24.2. The van der Waals surface area contributed by atoms with Crippen LogP contribution >= 0.6 is 46.2 Å². The molecule has 0 amide bonds. The average Bonchev–Trinajstić information content (AvgIpc) is 3.76. The third-order valence-electron chi connectivity index (χ3n) is 7.51. The second kappa shape index (κ2) is 12.3. The molecule has 0 aliphatic carbocycles. The Morgan fingerprint density at radius 3 is 1.37 bits per heavy atom. The largest absolute Gasteiger partial charge is 0.391 e. The number of thiophene rings is 2. The third-order valence-corrected chi connectivity index (χ3v) is 11.8. The molecular formula is C30H32O4S4. The SMILES string of the molecule is OCc1sccc1[C@H]1CSC[C@]1(O)c1ccccc1.OCc1sccc1[C@H]1CSC[C@]1(O)c1ccccc1. The predicted molar refractivity (Wildman–Crippen MR) is 161 cm³/mol. The molecule has 0 saturated carbocycles. The monoisotopic (exact) mass is 584 g/mol. The highest BCUT2D eigenvalue weighted by atomic mass is 32.2. The van der Waals surface area contributed by atoms with E-state index in [1.165, 1.54) is 0 Å². The van der Waals surface area contributed by atoms with Crippen molar-refractivity contribution in [2.75, 3.05) is 23.0 Å². The van der Waals surface area contributed by atoms with Crippen molar-refractivity contribution >= 4 is 46.2 Å². The van der Waals surface area contributed by atoms with Crippen molar-refractivity contribution in [1.82, 2.24) is 0 Å². The van der Waals surface area contributed by atoms with Gasteiger partial charge >= 0.3 is 0 Å². The Bertz CT molecular complexity index is 1210. The van der Waals surface area contributed by atoms with Gasteiger partial charge in [-0.1, -0.05) is 60.7 Å². The van der Waals surface area contributed by atoms with Gasteiger partial charge in [0.2, 0.25) is 0 Å². The summed E-state index contributed by atoms with van der Waals surface area (Å²) in [4.78, 5) is 1.95. The number of hydrogen-bond donors (Lipinski definition) is 4. The number of aliphatic hydroxyl groups is 4. The first kappa shape index (κ1) is 27.9. The van der Waals surface area contributed by atoms with E-state index < -0.39 is 11.2 Å². The van der Waals surface area contributed by atoms with E-state index in [4.69, 9.17) is 0 Å². The number of thioether (sulfide) groups is 2. The van der Waals surface area contributed by atoms with Crippen LogP contribution in [0.3, 0.4) is 0 Å². The van der Waals surface area contributed by atoms with Gasteiger partial charge in [0.25, 0.3) is 0 Å². The number of benzene rings is 2. The molecule has 4 heterocycles. The highest BCUT2D eigenvalue weighted by Crippen LogP contribution is 2.50. The van der Waals surface area contributed by atoms with E-state index in [0.717, 1.165) is 43.5 Å². The molecule has 2 aliphatic rings. The molecular weight excluding hydrogens is 553 g/mol. The van der Waals surface area contributed by atoms with Gasteiger partial charge in [-0.3, -0.25) is 0 Å². The van der Waals surface area contributed by atoms with E-state index in [0.29, 0.717) is 11.5 Å². The van der Waals surface area contributed by atoms with Crippen molar-refractivity contribution < 1.29 is 20.4 Å². The fourth-order valence-corrected chi connectivity index (χ4v) is 10.0. The van der Waals surface area contributed by atoms with Gasteiger partial charge in [-0.25, -0.2) is 0 Å². The first-order valence-electron chi connectivity index (χ1n) is 12.6. The van der Waals surface area contributed by atoms with Crippen LogP contribution in [0.15, 0.2) is 83.6 Å². The highest BCUT2D eigenvalue weighted by molar-refractivity contribution is 7.99. The van der Waals surface area contributed by atoms with Gasteiger partial charge in [-0.15, -0.1) is 22.7 Å². The second-order valence-corrected chi connectivity index (χ2v) is 13.7. The predicted octanol–water partition coefficient (Wildman–Crippen LogP) is 5.92. The summed E-state index contributed by atoms with van der Waals surface area (Å²) in [5.74, 6) is 3.34. The van der Waals surface area contributed by atoms with Crippen LogP contribution in [0.2, 0.25) is 0 Å². The molecule has 4 nitrogen and oxygen atoms in total. The Morgan fingerprint density at radius 1 is 0.605 bits per heavy atom. The van der Waals surface area contributed by atoms with Crippen LogP contribution in [0.5, 0.6) is 0 Å². The van der Waals surface area contributed by atoms with Crippen LogP contribution in [0.4, 0.5) is 0 Å². The van der Waals surface area contributed by atoms with Gasteiger partial charge in [0.1, 0.15) is 11.2 Å². The maximum atomic E-state index is 11.1. The van der Waals surface area contributed by atoms with Gasteiger partial charge in [-0.05, 0) is 45.1 Å². The van der Waals surface area contributed by atoms with Crippen molar-refractivity contribution in [2.24, 2.45) is 0 Å². The lowest BCUT2D eigenvalue weighted by Crippen LogP contribution is -2.32. The quantitative estimate of drug-likeness (QED) is 0.225. The first-order chi connectivity index (χ1) is 18.5. The minimum Gasteiger partial charge on any atom is -0.391 e. The summed E-state index contributed by atoms with van der Waals surface area (Å²) in [5, 5.41) is 45.1. The molecule has 4 atom stereocenters. The Labute approximate surface area is 240 Å². The summed E-state index contributed by atoms with van der Waals surface area (Å²) in [6, 6.07) is 23.8. The topological polar surface area (TPSA) is 80.9 Å². The van der Waals surface area contributed by atoms with Crippen LogP contribution in [-0.2, 0) is 24.4 Å². The Balaban J connectivity index is 0.000000155. The highest BCUT2D eigenvalue weighted by Gasteiger charge is 2.46. The summed E-state index contributed by atoms with van der Waals surface area (Å²) < 4.78 is 0. The Hall–Kier alpha value is -1.62. The molecule has 2 saturated heterocycles. The van der Waals surface area contributed by atoms with Gasteiger partial charge in [0, 0.05) is 44.6 Å². The maximum Gasteiger partial charge on any atom is 0.106 e. The molecule has 0 bridgehead atoms. The van der Waals surface area contributed by atoms with Crippen LogP contribution in [0.25, 0.3) is 0 Å². The van der Waals surface area contributed by atoms with Gasteiger partial charge in [0.05, 0.1) is 13.2 Å². The van der Waals surface area contributed by atoms with Crippen molar-refractivity contribution in [3.8, 4) is 0 Å². The van der Waals surface area contributed by atoms with E-state index in [1.54, 1.807) is 46.2 Å². The summed E-state index contributed by atoms with van der Waals surface area (Å²) in [6.07, 6.45) is 0. The van der Waals surface area contributed by atoms with Crippen molar-refractivity contribution in [1.29, 1.82) is 0 Å². The van der Waals surface area contributed by atoms with Gasteiger partial charge in [-0.2, -0.15) is 23.5 Å². The zero-order valence-electron chi connectivity index (χ0n) is 20.9. The molecule has 6 rings (SSSR count). The van der Waals surface area contributed by atoms with E-state index in [1.807, 2.05) is 83.6 Å². The molecule has 2 aromatic carbocycles. The standard InChI is InChI=1S/2C15H16O2S2/c2*16-8-14-12(6-7-19-14)13-9-18-10-15(13,17)11-4-2-1-3-5-11/h2*1-7,13,16-17H,8-10H2/t2*13-,15+/m11/s1. The molecule has 0 radical (unpaired) electrons. The van der Waals surface area contributed by atoms with Gasteiger partial charge < -0.3 is 20.4 Å². The lowest BCUT2D eigenvalue weighted by atomic mass is 9.80. The molecule has 4 aromatic rings. The number of hydrogen-bond acceptors (Lipinski definition) is 8. The fraction of sp³-hybridized carbons (Fsp3) is 0.333. The summed E-state index contributed by atoms with van der Waals surface area (Å²) in [7, 11) is 0. The molecule has 0 unspecified atom stereocenters. The Kier molecular flexibility index (Phi) is 9.02. The molecule has 2 aromatic heterocycles. The van der Waals surface area contributed by atoms with Crippen molar-refractivity contribution in [2.45, 2.75) is 36.3 Å². The maximum absolute atomic E-state index is 11.1. The minimum absolute atomic E-state index is 0.0546. The van der Waals surface area contributed by atoms with Crippen molar-refractivity contribution in [3.05, 3.63) is 116 Å². The zero-order chi connectivity index (χ0) is 26.6. The smallest absolute Gasteiger partial charge is 0.106 e. The lowest BCUT2D eigenvalue weighted by molar-refractivity contribution is 0.0451. The summed E-state index contributed by atoms with van der Waals surface area (Å²) >= 11 is 6.67. The van der Waals surface area contributed by atoms with Crippen molar-refractivity contribution in [3.63, 3.8) is 0 Å². The molecule has 2 fully saturated rings. The fourth-order valence-electron chi connectivity index (χ4n) is 5.44. The van der Waals surface area contributed by atoms with E-state index in [-0.39, 0.29) is 25.0 Å². The normalized spacial score (nSPS) is 26.7. The molecule has 2 aliphatic heterocycles. The second-order valence-electron chi connectivity index (χ2n) is 9.63. The molecule has 38 heavy (non-hydrogen) atoms. The van der Waals surface area contributed by atoms with E-state index >= 15 is 0 Å². The van der Waals surface area contributed by atoms with Crippen LogP contribution in [0.1, 0.15) is 43.8 Å². The van der Waals surface area contributed by atoms with Gasteiger partial charge in [0.15, 0.2) is 0 Å². The third kappa shape index (κ3) is 5.38. The molecule has 4 N–H and O–H groups in total. The van der Waals surface area contributed by atoms with Crippen LogP contribution in [0, 0.1) is 0 Å². The average molecular weight is 585 g/mol. The first-order valence-corrected chi connectivity index (χ1v) is 16.6. The van der Waals surface area contributed by atoms with Crippen LogP contribution in [-0.4, -0.2) is 43.4 Å². The minimum atomic E-state index is -0.822.